The van der Waals surface area contributed by atoms with Gasteiger partial charge in [-0.1, -0.05) is 18.2 Å². The van der Waals surface area contributed by atoms with Crippen molar-refractivity contribution in [1.29, 1.82) is 5.26 Å². The summed E-state index contributed by atoms with van der Waals surface area (Å²) in [4.78, 5) is 12.3. The van der Waals surface area contributed by atoms with Gasteiger partial charge in [0, 0.05) is 36.6 Å². The summed E-state index contributed by atoms with van der Waals surface area (Å²) in [5.41, 5.74) is 2.79. The molecule has 0 atom stereocenters. The van der Waals surface area contributed by atoms with E-state index in [0.717, 1.165) is 30.7 Å². The van der Waals surface area contributed by atoms with Gasteiger partial charge in [-0.3, -0.25) is 9.97 Å². The van der Waals surface area contributed by atoms with Crippen LogP contribution in [0, 0.1) is 11.3 Å². The van der Waals surface area contributed by atoms with Crippen molar-refractivity contribution < 1.29 is 5.11 Å². The van der Waals surface area contributed by atoms with E-state index in [1.807, 2.05) is 42.7 Å². The maximum Gasteiger partial charge on any atom is 0.140 e. The number of aryl methyl sites for hydroxylation is 2. The average Bonchev–Trinajstić information content (AvgIpc) is 2.71. The maximum atomic E-state index is 8.23. The Bertz CT molecular complexity index is 689. The number of aromatic nitrogens is 3. The summed E-state index contributed by atoms with van der Waals surface area (Å²) in [7, 11) is 0. The smallest absolute Gasteiger partial charge is 0.140 e. The molecule has 0 fully saturated rings. The van der Waals surface area contributed by atoms with Gasteiger partial charge in [-0.2, -0.15) is 5.26 Å². The first-order valence-electron chi connectivity index (χ1n) is 8.52. The molecule has 3 aromatic heterocycles. The van der Waals surface area contributed by atoms with Crippen LogP contribution < -0.4 is 0 Å². The number of aliphatic hydroxyl groups is 1. The molecule has 5 nitrogen and oxygen atoms in total. The van der Waals surface area contributed by atoms with Crippen molar-refractivity contribution in [3.63, 3.8) is 0 Å². The highest BCUT2D eigenvalue weighted by molar-refractivity contribution is 5.18. The van der Waals surface area contributed by atoms with Crippen molar-refractivity contribution in [2.75, 3.05) is 6.61 Å². The summed E-state index contributed by atoms with van der Waals surface area (Å²) in [5, 5.41) is 15.8. The zero-order valence-corrected chi connectivity index (χ0v) is 15.0. The van der Waals surface area contributed by atoms with E-state index in [2.05, 4.69) is 27.1 Å². The van der Waals surface area contributed by atoms with Crippen LogP contribution in [-0.2, 0) is 12.8 Å². The zero-order chi connectivity index (χ0) is 18.9. The largest absolute Gasteiger partial charge is 0.397 e. The second kappa shape index (κ2) is 14.3. The monoisotopic (exact) mass is 348 g/mol. The van der Waals surface area contributed by atoms with Gasteiger partial charge < -0.3 is 5.11 Å². The van der Waals surface area contributed by atoms with E-state index in [0.29, 0.717) is 5.69 Å². The molecule has 0 saturated carbocycles. The third-order valence-electron chi connectivity index (χ3n) is 3.10. The minimum atomic E-state index is 0.250. The molecule has 26 heavy (non-hydrogen) atoms. The van der Waals surface area contributed by atoms with Crippen molar-refractivity contribution >= 4 is 0 Å². The van der Waals surface area contributed by atoms with Gasteiger partial charge in [0.25, 0.3) is 0 Å². The quantitative estimate of drug-likeness (QED) is 0.779. The molecule has 0 unspecified atom stereocenters. The molecule has 0 aromatic carbocycles. The lowest BCUT2D eigenvalue weighted by atomic mass is 10.1. The number of hydrogen-bond acceptors (Lipinski definition) is 5. The van der Waals surface area contributed by atoms with Gasteiger partial charge in [0.15, 0.2) is 0 Å². The molecule has 3 aromatic rings. The Morgan fingerprint density at radius 2 is 1.27 bits per heavy atom. The average molecular weight is 348 g/mol. The fourth-order valence-electron chi connectivity index (χ4n) is 1.97. The Morgan fingerprint density at radius 3 is 1.58 bits per heavy atom. The predicted molar refractivity (Wildman–Crippen MR) is 102 cm³/mol. The van der Waals surface area contributed by atoms with Crippen molar-refractivity contribution in [3.8, 4) is 6.07 Å². The first kappa shape index (κ1) is 20.9. The normalized spacial score (nSPS) is 8.96. The molecule has 3 heterocycles. The zero-order valence-electron chi connectivity index (χ0n) is 15.0. The number of nitriles is 1. The maximum absolute atomic E-state index is 8.23. The van der Waals surface area contributed by atoms with E-state index in [4.69, 9.17) is 10.4 Å². The van der Waals surface area contributed by atoms with Gasteiger partial charge in [0.05, 0.1) is 0 Å². The topological polar surface area (TPSA) is 82.7 Å². The third-order valence-corrected chi connectivity index (χ3v) is 3.10. The van der Waals surface area contributed by atoms with Crippen LogP contribution in [0.4, 0.5) is 0 Å². The molecular formula is C21H24N4O. The molecule has 0 aliphatic heterocycles. The van der Waals surface area contributed by atoms with Crippen LogP contribution in [0.25, 0.3) is 0 Å². The first-order chi connectivity index (χ1) is 12.8. The van der Waals surface area contributed by atoms with Crippen LogP contribution in [0.1, 0.15) is 30.4 Å². The van der Waals surface area contributed by atoms with Crippen LogP contribution >= 0.6 is 0 Å². The summed E-state index contributed by atoms with van der Waals surface area (Å²) in [5.74, 6) is 0. The fraction of sp³-hybridized carbons (Fsp3) is 0.238. The summed E-state index contributed by atoms with van der Waals surface area (Å²) < 4.78 is 0. The van der Waals surface area contributed by atoms with Crippen LogP contribution in [-0.4, -0.2) is 26.7 Å². The SMILES string of the molecule is CCO.N#Cc1ccccn1.c1ccc(CCCc2ccccn2)nc1. The molecule has 0 bridgehead atoms. The lowest BCUT2D eigenvalue weighted by Gasteiger charge is -2.00. The molecule has 5 heteroatoms. The Morgan fingerprint density at radius 1 is 0.808 bits per heavy atom. The fourth-order valence-corrected chi connectivity index (χ4v) is 1.97. The van der Waals surface area contributed by atoms with Gasteiger partial charge in [-0.15, -0.1) is 0 Å². The number of nitrogens with zero attached hydrogens (tertiary/aromatic N) is 4. The van der Waals surface area contributed by atoms with Gasteiger partial charge in [0.2, 0.25) is 0 Å². The van der Waals surface area contributed by atoms with E-state index < -0.39 is 0 Å². The first-order valence-corrected chi connectivity index (χ1v) is 8.52. The highest BCUT2D eigenvalue weighted by atomic mass is 16.2. The molecule has 0 saturated heterocycles. The molecule has 0 aliphatic rings. The molecule has 0 aliphatic carbocycles. The summed E-state index contributed by atoms with van der Waals surface area (Å²) in [6.07, 6.45) is 8.44. The van der Waals surface area contributed by atoms with Gasteiger partial charge in [0.1, 0.15) is 11.8 Å². The van der Waals surface area contributed by atoms with Crippen LogP contribution in [0.2, 0.25) is 0 Å². The van der Waals surface area contributed by atoms with Crippen LogP contribution in [0.3, 0.4) is 0 Å². The summed E-state index contributed by atoms with van der Waals surface area (Å²) in [6, 6.07) is 19.2. The minimum Gasteiger partial charge on any atom is -0.397 e. The third kappa shape index (κ3) is 9.91. The van der Waals surface area contributed by atoms with Gasteiger partial charge in [-0.25, -0.2) is 4.98 Å². The molecule has 0 radical (unpaired) electrons. The van der Waals surface area contributed by atoms with Gasteiger partial charge in [-0.05, 0) is 62.6 Å². The summed E-state index contributed by atoms with van der Waals surface area (Å²) >= 11 is 0. The Hall–Kier alpha value is -3.10. The second-order valence-corrected chi connectivity index (χ2v) is 5.14. The lowest BCUT2D eigenvalue weighted by molar-refractivity contribution is 0.318. The van der Waals surface area contributed by atoms with E-state index in [-0.39, 0.29) is 6.61 Å². The number of aliphatic hydroxyl groups excluding tert-OH is 1. The number of rotatable bonds is 4. The lowest BCUT2D eigenvalue weighted by Crippen LogP contribution is -1.93. The van der Waals surface area contributed by atoms with Crippen molar-refractivity contribution in [3.05, 3.63) is 90.3 Å². The molecule has 0 amide bonds. The van der Waals surface area contributed by atoms with E-state index in [1.165, 1.54) is 0 Å². The van der Waals surface area contributed by atoms with E-state index in [9.17, 15) is 0 Å². The molecular weight excluding hydrogens is 324 g/mol. The number of pyridine rings is 3. The number of hydrogen-bond donors (Lipinski definition) is 1. The van der Waals surface area contributed by atoms with Crippen molar-refractivity contribution in [2.24, 2.45) is 0 Å². The molecule has 3 rings (SSSR count). The van der Waals surface area contributed by atoms with E-state index in [1.54, 1.807) is 31.3 Å². The summed E-state index contributed by atoms with van der Waals surface area (Å²) in [6.45, 7) is 1.93. The van der Waals surface area contributed by atoms with Crippen LogP contribution in [0.5, 0.6) is 0 Å². The minimum absolute atomic E-state index is 0.250. The second-order valence-electron chi connectivity index (χ2n) is 5.14. The molecule has 134 valence electrons. The molecule has 1 N–H and O–H groups in total. The Balaban J connectivity index is 0.000000258. The van der Waals surface area contributed by atoms with E-state index >= 15 is 0 Å². The standard InChI is InChI=1S/C13H14N2.C6H4N2.C2H6O/c1-3-10-14-12(6-1)8-5-9-13-7-2-4-11-15-13;7-5-6-3-1-2-4-8-6;1-2-3/h1-4,6-7,10-11H,5,8-9H2;1-4H;3H,2H2,1H3. The highest BCUT2D eigenvalue weighted by Gasteiger charge is 1.95. The Kier molecular flexibility index (Phi) is 11.5. The van der Waals surface area contributed by atoms with Gasteiger partial charge >= 0.3 is 0 Å². The highest BCUT2D eigenvalue weighted by Crippen LogP contribution is 2.03. The van der Waals surface area contributed by atoms with Crippen molar-refractivity contribution in [2.45, 2.75) is 26.2 Å². The Labute approximate surface area is 155 Å². The predicted octanol–water partition coefficient (Wildman–Crippen LogP) is 3.60. The molecule has 0 spiro atoms. The van der Waals surface area contributed by atoms with Crippen LogP contribution in [0.15, 0.2) is 73.2 Å². The van der Waals surface area contributed by atoms with Crippen molar-refractivity contribution in [1.82, 2.24) is 15.0 Å².